The molecular formula is C39H81NO. The highest BCUT2D eigenvalue weighted by Gasteiger charge is 2.07. The maximum absolute atomic E-state index is 9.28. The van der Waals surface area contributed by atoms with Crippen LogP contribution < -0.4 is 5.32 Å². The highest BCUT2D eigenvalue weighted by Crippen LogP contribution is 2.17. The van der Waals surface area contributed by atoms with E-state index in [1.807, 2.05) is 0 Å². The van der Waals surface area contributed by atoms with Crippen molar-refractivity contribution in [2.24, 2.45) is 0 Å². The molecule has 248 valence electrons. The van der Waals surface area contributed by atoms with Gasteiger partial charge in [-0.1, -0.05) is 219 Å². The Morgan fingerprint density at radius 1 is 0.341 bits per heavy atom. The lowest BCUT2D eigenvalue weighted by atomic mass is 9.99. The van der Waals surface area contributed by atoms with Gasteiger partial charge in [0.25, 0.3) is 0 Å². The minimum atomic E-state index is 0.272. The smallest absolute Gasteiger partial charge is 0.0556 e. The lowest BCUT2D eigenvalue weighted by Gasteiger charge is -2.18. The molecule has 0 aliphatic carbocycles. The van der Waals surface area contributed by atoms with Gasteiger partial charge in [0, 0.05) is 12.6 Å². The summed E-state index contributed by atoms with van der Waals surface area (Å²) in [6.45, 7) is 5.64. The third kappa shape index (κ3) is 36.0. The van der Waals surface area contributed by atoms with Crippen LogP contribution in [0.1, 0.15) is 232 Å². The third-order valence-corrected chi connectivity index (χ3v) is 9.36. The van der Waals surface area contributed by atoms with Crippen molar-refractivity contribution >= 4 is 0 Å². The summed E-state index contributed by atoms with van der Waals surface area (Å²) in [5, 5.41) is 12.9. The molecule has 2 N–H and O–H groups in total. The maximum atomic E-state index is 9.28. The average Bonchev–Trinajstić information content (AvgIpc) is 2.98. The monoisotopic (exact) mass is 580 g/mol. The number of unbranched alkanes of at least 4 members (excludes halogenated alkanes) is 30. The zero-order valence-electron chi connectivity index (χ0n) is 29.0. The maximum Gasteiger partial charge on any atom is 0.0556 e. The Morgan fingerprint density at radius 2 is 0.561 bits per heavy atom. The number of hydrogen-bond acceptors (Lipinski definition) is 2. The molecule has 0 saturated carbocycles. The van der Waals surface area contributed by atoms with E-state index in [-0.39, 0.29) is 6.61 Å². The van der Waals surface area contributed by atoms with Crippen LogP contribution in [0.2, 0.25) is 0 Å². The summed E-state index contributed by atoms with van der Waals surface area (Å²) >= 11 is 0. The van der Waals surface area contributed by atoms with Crippen LogP contribution in [0.25, 0.3) is 0 Å². The molecule has 0 aliphatic heterocycles. The van der Waals surface area contributed by atoms with Crippen LogP contribution in [0.4, 0.5) is 0 Å². The van der Waals surface area contributed by atoms with Gasteiger partial charge >= 0.3 is 0 Å². The predicted molar refractivity (Wildman–Crippen MR) is 187 cm³/mol. The van der Waals surface area contributed by atoms with E-state index in [0.717, 1.165) is 6.54 Å². The van der Waals surface area contributed by atoms with E-state index in [0.29, 0.717) is 6.04 Å². The number of aliphatic hydroxyl groups is 1. The Bertz CT molecular complexity index is 403. The molecule has 0 saturated heterocycles. The normalized spacial score (nSPS) is 11.7. The van der Waals surface area contributed by atoms with Gasteiger partial charge in [-0.2, -0.15) is 0 Å². The van der Waals surface area contributed by atoms with Gasteiger partial charge < -0.3 is 10.4 Å². The predicted octanol–water partition coefficient (Wildman–Crippen LogP) is 13.2. The summed E-state index contributed by atoms with van der Waals surface area (Å²) in [6.07, 6.45) is 48.7. The Hall–Kier alpha value is -0.0800. The van der Waals surface area contributed by atoms with Crippen molar-refractivity contribution in [1.29, 1.82) is 0 Å². The van der Waals surface area contributed by atoms with Crippen LogP contribution in [0.15, 0.2) is 0 Å². The van der Waals surface area contributed by atoms with Crippen molar-refractivity contribution in [3.8, 4) is 0 Å². The quantitative estimate of drug-likeness (QED) is 0.0717. The lowest BCUT2D eigenvalue weighted by Crippen LogP contribution is -2.31. The number of nitrogens with one attached hydrogen (secondary N) is 1. The first kappa shape index (κ1) is 40.9. The fraction of sp³-hybridized carbons (Fsp3) is 1.00. The van der Waals surface area contributed by atoms with E-state index in [2.05, 4.69) is 19.2 Å². The van der Waals surface area contributed by atoms with Crippen molar-refractivity contribution in [3.63, 3.8) is 0 Å². The zero-order valence-corrected chi connectivity index (χ0v) is 29.0. The van der Waals surface area contributed by atoms with Gasteiger partial charge in [-0.3, -0.25) is 0 Å². The average molecular weight is 580 g/mol. The van der Waals surface area contributed by atoms with Crippen molar-refractivity contribution in [3.05, 3.63) is 0 Å². The fourth-order valence-corrected chi connectivity index (χ4v) is 6.49. The Kier molecular flexibility index (Phi) is 37.9. The molecule has 0 radical (unpaired) electrons. The molecule has 0 aromatic rings. The Labute approximate surface area is 261 Å². The summed E-state index contributed by atoms with van der Waals surface area (Å²) in [7, 11) is 0. The SMILES string of the molecule is CCCCCCCCCCCCCCCCCCC(CCCCCCCCCCCCCCCCCC)NCCO. The second kappa shape index (κ2) is 37.9. The molecule has 41 heavy (non-hydrogen) atoms. The van der Waals surface area contributed by atoms with Crippen molar-refractivity contribution in [2.45, 2.75) is 238 Å². The van der Waals surface area contributed by atoms with Crippen molar-refractivity contribution < 1.29 is 5.11 Å². The first-order chi connectivity index (χ1) is 20.3. The molecule has 0 bridgehead atoms. The molecule has 0 fully saturated rings. The van der Waals surface area contributed by atoms with E-state index >= 15 is 0 Å². The third-order valence-electron chi connectivity index (χ3n) is 9.36. The topological polar surface area (TPSA) is 32.3 Å². The summed E-state index contributed by atoms with van der Waals surface area (Å²) in [5.74, 6) is 0. The first-order valence-electron chi connectivity index (χ1n) is 19.7. The second-order valence-corrected chi connectivity index (χ2v) is 13.6. The highest BCUT2D eigenvalue weighted by atomic mass is 16.3. The van der Waals surface area contributed by atoms with Gasteiger partial charge in [-0.05, 0) is 12.8 Å². The van der Waals surface area contributed by atoms with Crippen LogP contribution >= 0.6 is 0 Å². The molecule has 2 nitrogen and oxygen atoms in total. The fourth-order valence-electron chi connectivity index (χ4n) is 6.49. The number of hydrogen-bond donors (Lipinski definition) is 2. The van der Waals surface area contributed by atoms with Crippen LogP contribution in [-0.4, -0.2) is 24.3 Å². The summed E-state index contributed by atoms with van der Waals surface area (Å²) < 4.78 is 0. The number of rotatable bonds is 37. The summed E-state index contributed by atoms with van der Waals surface area (Å²) in [4.78, 5) is 0. The molecular weight excluding hydrogens is 498 g/mol. The van der Waals surface area contributed by atoms with Gasteiger partial charge in [0.2, 0.25) is 0 Å². The van der Waals surface area contributed by atoms with E-state index in [4.69, 9.17) is 0 Å². The Balaban J connectivity index is 3.44. The lowest BCUT2D eigenvalue weighted by molar-refractivity contribution is 0.277. The molecule has 0 spiro atoms. The van der Waals surface area contributed by atoms with Gasteiger partial charge in [0.1, 0.15) is 0 Å². The van der Waals surface area contributed by atoms with E-state index in [9.17, 15) is 5.11 Å². The van der Waals surface area contributed by atoms with Gasteiger partial charge in [-0.25, -0.2) is 0 Å². The molecule has 0 heterocycles. The van der Waals surface area contributed by atoms with Crippen LogP contribution in [0.5, 0.6) is 0 Å². The van der Waals surface area contributed by atoms with Crippen LogP contribution in [-0.2, 0) is 0 Å². The largest absolute Gasteiger partial charge is 0.395 e. The summed E-state index contributed by atoms with van der Waals surface area (Å²) in [6, 6.07) is 0.625. The van der Waals surface area contributed by atoms with Crippen molar-refractivity contribution in [2.75, 3.05) is 13.2 Å². The van der Waals surface area contributed by atoms with Crippen LogP contribution in [0.3, 0.4) is 0 Å². The van der Waals surface area contributed by atoms with Gasteiger partial charge in [0.15, 0.2) is 0 Å². The molecule has 0 amide bonds. The molecule has 0 aliphatic rings. The van der Waals surface area contributed by atoms with Crippen molar-refractivity contribution in [1.82, 2.24) is 5.32 Å². The van der Waals surface area contributed by atoms with E-state index in [1.165, 1.54) is 218 Å². The summed E-state index contributed by atoms with van der Waals surface area (Å²) in [5.41, 5.74) is 0. The highest BCUT2D eigenvalue weighted by molar-refractivity contribution is 4.67. The Morgan fingerprint density at radius 3 is 0.780 bits per heavy atom. The van der Waals surface area contributed by atoms with Gasteiger partial charge in [0.05, 0.1) is 6.61 Å². The van der Waals surface area contributed by atoms with Crippen LogP contribution in [0, 0.1) is 0 Å². The number of aliphatic hydroxyl groups excluding tert-OH is 1. The minimum absolute atomic E-state index is 0.272. The molecule has 0 rings (SSSR count). The van der Waals surface area contributed by atoms with E-state index in [1.54, 1.807) is 0 Å². The van der Waals surface area contributed by atoms with Gasteiger partial charge in [-0.15, -0.1) is 0 Å². The molecule has 0 aromatic heterocycles. The molecule has 0 unspecified atom stereocenters. The molecule has 2 heteroatoms. The first-order valence-corrected chi connectivity index (χ1v) is 19.7. The second-order valence-electron chi connectivity index (χ2n) is 13.6. The van der Waals surface area contributed by atoms with E-state index < -0.39 is 0 Å². The minimum Gasteiger partial charge on any atom is -0.395 e. The zero-order chi connectivity index (χ0) is 29.7. The standard InChI is InChI=1S/C39H81NO/c1-3-5-7-9-11-13-15-17-19-21-23-25-27-29-31-33-35-39(40-37-38-41)36-34-32-30-28-26-24-22-20-18-16-14-12-10-8-6-4-2/h39-41H,3-38H2,1-2H3. The molecule has 0 atom stereocenters. The molecule has 0 aromatic carbocycles.